The van der Waals surface area contributed by atoms with Crippen LogP contribution in [0.2, 0.25) is 0 Å². The maximum Gasteiger partial charge on any atom is 0.0337 e. The van der Waals surface area contributed by atoms with Crippen LogP contribution in [0.25, 0.3) is 0 Å². The maximum atomic E-state index is 5.45. The van der Waals surface area contributed by atoms with Crippen molar-refractivity contribution in [3.63, 3.8) is 0 Å². The summed E-state index contributed by atoms with van der Waals surface area (Å²) in [7, 11) is 0. The first-order chi connectivity index (χ1) is 5.79. The summed E-state index contributed by atoms with van der Waals surface area (Å²) >= 11 is 0. The molecule has 0 aromatic carbocycles. The molecule has 0 spiro atoms. The molecule has 0 aliphatic carbocycles. The molecule has 0 bridgehead atoms. The van der Waals surface area contributed by atoms with Crippen LogP contribution in [-0.2, 0) is 0 Å². The molecule has 0 N–H and O–H groups in total. The van der Waals surface area contributed by atoms with Gasteiger partial charge in [0.15, 0.2) is 0 Å². The predicted molar refractivity (Wildman–Crippen MR) is 54.5 cm³/mol. The van der Waals surface area contributed by atoms with E-state index in [2.05, 4.69) is 31.6 Å². The van der Waals surface area contributed by atoms with Crippen LogP contribution in [0.3, 0.4) is 0 Å². The van der Waals surface area contributed by atoms with Crippen molar-refractivity contribution in [1.82, 2.24) is 0 Å². The Morgan fingerprint density at radius 2 is 1.83 bits per heavy atom. The molecule has 1 unspecified atom stereocenters. The molecule has 0 saturated carbocycles. The monoisotopic (exact) mass is 162 g/mol. The van der Waals surface area contributed by atoms with Gasteiger partial charge in [0.1, 0.15) is 0 Å². The Morgan fingerprint density at radius 1 is 1.25 bits per heavy atom. The maximum absolute atomic E-state index is 5.45. The van der Waals surface area contributed by atoms with Gasteiger partial charge in [0.25, 0.3) is 0 Å². The van der Waals surface area contributed by atoms with Crippen LogP contribution >= 0.6 is 0 Å². The Labute approximate surface area is 76.8 Å². The minimum Gasteiger partial charge on any atom is -0.120 e. The zero-order chi connectivity index (χ0) is 9.40. The SMILES string of the molecule is C#CC(CC#CC)C(CC)CC. The average molecular weight is 162 g/mol. The number of hydrogen-bond donors (Lipinski definition) is 0. The van der Waals surface area contributed by atoms with Crippen LogP contribution in [0.15, 0.2) is 0 Å². The highest BCUT2D eigenvalue weighted by Gasteiger charge is 2.14. The normalized spacial score (nSPS) is 11.6. The lowest BCUT2D eigenvalue weighted by atomic mass is 9.86. The fourth-order valence-electron chi connectivity index (χ4n) is 1.43. The van der Waals surface area contributed by atoms with E-state index in [-0.39, 0.29) is 0 Å². The van der Waals surface area contributed by atoms with Gasteiger partial charge in [-0.25, -0.2) is 0 Å². The second-order valence-electron chi connectivity index (χ2n) is 2.98. The third kappa shape index (κ3) is 3.49. The molecule has 0 heterocycles. The smallest absolute Gasteiger partial charge is 0.0337 e. The molecule has 0 radical (unpaired) electrons. The Hall–Kier alpha value is -0.880. The van der Waals surface area contributed by atoms with Gasteiger partial charge in [-0.2, -0.15) is 0 Å². The molecular weight excluding hydrogens is 144 g/mol. The fourth-order valence-corrected chi connectivity index (χ4v) is 1.43. The number of rotatable bonds is 4. The van der Waals surface area contributed by atoms with Crippen molar-refractivity contribution in [3.05, 3.63) is 0 Å². The molecule has 0 amide bonds. The third-order valence-corrected chi connectivity index (χ3v) is 2.33. The highest BCUT2D eigenvalue weighted by atomic mass is 14.2. The molecule has 0 heteroatoms. The molecule has 0 aromatic rings. The quantitative estimate of drug-likeness (QED) is 0.557. The summed E-state index contributed by atoms with van der Waals surface area (Å²) in [4.78, 5) is 0. The van der Waals surface area contributed by atoms with E-state index in [0.717, 1.165) is 19.3 Å². The number of hydrogen-bond acceptors (Lipinski definition) is 0. The summed E-state index contributed by atoms with van der Waals surface area (Å²) in [5, 5.41) is 0. The fraction of sp³-hybridized carbons (Fsp3) is 0.667. The summed E-state index contributed by atoms with van der Waals surface area (Å²) in [5.74, 6) is 9.79. The molecule has 66 valence electrons. The lowest BCUT2D eigenvalue weighted by Crippen LogP contribution is -2.10. The van der Waals surface area contributed by atoms with Gasteiger partial charge in [-0.1, -0.05) is 26.7 Å². The molecule has 0 aliphatic heterocycles. The summed E-state index contributed by atoms with van der Waals surface area (Å²) in [6.45, 7) is 6.25. The topological polar surface area (TPSA) is 0 Å². The van der Waals surface area contributed by atoms with Crippen molar-refractivity contribution < 1.29 is 0 Å². The van der Waals surface area contributed by atoms with Crippen molar-refractivity contribution in [1.29, 1.82) is 0 Å². The van der Waals surface area contributed by atoms with Gasteiger partial charge in [0.2, 0.25) is 0 Å². The van der Waals surface area contributed by atoms with E-state index in [9.17, 15) is 0 Å². The van der Waals surface area contributed by atoms with Crippen molar-refractivity contribution >= 4 is 0 Å². The first-order valence-electron chi connectivity index (χ1n) is 4.65. The summed E-state index contributed by atoms with van der Waals surface area (Å²) < 4.78 is 0. The van der Waals surface area contributed by atoms with Gasteiger partial charge in [-0.3, -0.25) is 0 Å². The van der Waals surface area contributed by atoms with E-state index >= 15 is 0 Å². The molecule has 0 fully saturated rings. The van der Waals surface area contributed by atoms with Crippen molar-refractivity contribution in [3.8, 4) is 24.2 Å². The Balaban J connectivity index is 4.10. The number of terminal acetylenes is 1. The molecule has 12 heavy (non-hydrogen) atoms. The minimum absolute atomic E-state index is 0.354. The molecule has 0 nitrogen and oxygen atoms in total. The van der Waals surface area contributed by atoms with E-state index in [0.29, 0.717) is 11.8 Å². The largest absolute Gasteiger partial charge is 0.120 e. The lowest BCUT2D eigenvalue weighted by molar-refractivity contribution is 0.387. The first-order valence-corrected chi connectivity index (χ1v) is 4.65. The van der Waals surface area contributed by atoms with E-state index in [1.807, 2.05) is 6.92 Å². The lowest BCUT2D eigenvalue weighted by Gasteiger charge is -2.17. The molecule has 0 rings (SSSR count). The summed E-state index contributed by atoms with van der Waals surface area (Å²) in [5.41, 5.74) is 0. The zero-order valence-electron chi connectivity index (χ0n) is 8.35. The molecule has 0 aromatic heterocycles. The predicted octanol–water partition coefficient (Wildman–Crippen LogP) is 3.09. The van der Waals surface area contributed by atoms with Crippen molar-refractivity contribution in [2.24, 2.45) is 11.8 Å². The van der Waals surface area contributed by atoms with Crippen LogP contribution in [0.4, 0.5) is 0 Å². The standard InChI is InChI=1S/C12H18/c1-5-9-10-12(8-4)11(6-2)7-3/h4,11-12H,6-7,10H2,1-3H3. The van der Waals surface area contributed by atoms with Crippen LogP contribution < -0.4 is 0 Å². The highest BCUT2D eigenvalue weighted by Crippen LogP contribution is 2.21. The zero-order valence-corrected chi connectivity index (χ0v) is 8.35. The average Bonchev–Trinajstić information content (AvgIpc) is 2.12. The second kappa shape index (κ2) is 6.81. The molecular formula is C12H18. The van der Waals surface area contributed by atoms with Crippen molar-refractivity contribution in [2.45, 2.75) is 40.0 Å². The Morgan fingerprint density at radius 3 is 2.17 bits per heavy atom. The summed E-state index contributed by atoms with van der Waals surface area (Å²) in [6.07, 6.45) is 8.64. The minimum atomic E-state index is 0.354. The van der Waals surface area contributed by atoms with Crippen LogP contribution in [0.1, 0.15) is 40.0 Å². The first kappa shape index (κ1) is 11.1. The van der Waals surface area contributed by atoms with E-state index < -0.39 is 0 Å². The highest BCUT2D eigenvalue weighted by molar-refractivity contribution is 5.05. The Bertz CT molecular complexity index is 192. The van der Waals surface area contributed by atoms with Crippen molar-refractivity contribution in [2.75, 3.05) is 0 Å². The molecule has 1 atom stereocenters. The van der Waals surface area contributed by atoms with Crippen LogP contribution in [0.5, 0.6) is 0 Å². The second-order valence-corrected chi connectivity index (χ2v) is 2.98. The van der Waals surface area contributed by atoms with Gasteiger partial charge in [0, 0.05) is 12.3 Å². The van der Waals surface area contributed by atoms with E-state index in [4.69, 9.17) is 6.42 Å². The van der Waals surface area contributed by atoms with E-state index in [1.165, 1.54) is 0 Å². The van der Waals surface area contributed by atoms with Crippen LogP contribution in [0, 0.1) is 36.0 Å². The van der Waals surface area contributed by atoms with E-state index in [1.54, 1.807) is 0 Å². The van der Waals surface area contributed by atoms with Gasteiger partial charge in [0.05, 0.1) is 0 Å². The van der Waals surface area contributed by atoms with Crippen LogP contribution in [-0.4, -0.2) is 0 Å². The Kier molecular flexibility index (Phi) is 6.31. The molecule has 0 saturated heterocycles. The van der Waals surface area contributed by atoms with Gasteiger partial charge < -0.3 is 0 Å². The molecule has 0 aliphatic rings. The van der Waals surface area contributed by atoms with Gasteiger partial charge >= 0.3 is 0 Å². The van der Waals surface area contributed by atoms with Gasteiger partial charge in [-0.15, -0.1) is 24.2 Å². The summed E-state index contributed by atoms with van der Waals surface area (Å²) in [6, 6.07) is 0. The van der Waals surface area contributed by atoms with Gasteiger partial charge in [-0.05, 0) is 12.8 Å². The third-order valence-electron chi connectivity index (χ3n) is 2.33.